The summed E-state index contributed by atoms with van der Waals surface area (Å²) in [7, 11) is 3.18. The summed E-state index contributed by atoms with van der Waals surface area (Å²) in [6.45, 7) is 2.63. The highest BCUT2D eigenvalue weighted by Gasteiger charge is 2.15. The summed E-state index contributed by atoms with van der Waals surface area (Å²) in [5.74, 6) is 1.21. The number of carbonyl (C=O) groups is 1. The molecule has 6 heteroatoms. The number of amides is 1. The van der Waals surface area contributed by atoms with E-state index in [1.807, 2.05) is 19.1 Å². The van der Waals surface area contributed by atoms with Gasteiger partial charge in [0.2, 0.25) is 5.91 Å². The van der Waals surface area contributed by atoms with E-state index >= 15 is 0 Å². The van der Waals surface area contributed by atoms with Gasteiger partial charge in [-0.05, 0) is 25.1 Å². The van der Waals surface area contributed by atoms with Crippen molar-refractivity contribution in [2.75, 3.05) is 34.0 Å². The van der Waals surface area contributed by atoms with Crippen molar-refractivity contribution < 1.29 is 19.0 Å². The fourth-order valence-corrected chi connectivity index (χ4v) is 1.79. The first-order valence-corrected chi connectivity index (χ1v) is 6.41. The minimum Gasteiger partial charge on any atom is -0.497 e. The lowest BCUT2D eigenvalue weighted by Gasteiger charge is -2.18. The molecule has 20 heavy (non-hydrogen) atoms. The van der Waals surface area contributed by atoms with Gasteiger partial charge in [0.15, 0.2) is 0 Å². The molecule has 0 bridgehead atoms. The monoisotopic (exact) mass is 282 g/mol. The van der Waals surface area contributed by atoms with Crippen molar-refractivity contribution in [3.05, 3.63) is 23.8 Å². The lowest BCUT2D eigenvalue weighted by molar-refractivity contribution is -0.126. The number of nitrogens with one attached hydrogen (secondary N) is 1. The lowest BCUT2D eigenvalue weighted by Crippen LogP contribution is -2.31. The van der Waals surface area contributed by atoms with E-state index in [-0.39, 0.29) is 18.6 Å². The van der Waals surface area contributed by atoms with Gasteiger partial charge >= 0.3 is 0 Å². The molecule has 0 spiro atoms. The van der Waals surface area contributed by atoms with Crippen LogP contribution < -0.4 is 20.5 Å². The molecule has 0 heterocycles. The average Bonchev–Trinajstić information content (AvgIpc) is 2.46. The molecule has 0 aliphatic rings. The van der Waals surface area contributed by atoms with E-state index in [9.17, 15) is 4.79 Å². The zero-order valence-electron chi connectivity index (χ0n) is 12.1. The predicted molar refractivity (Wildman–Crippen MR) is 76.0 cm³/mol. The quantitative estimate of drug-likeness (QED) is 0.691. The molecule has 0 aliphatic heterocycles. The molecule has 1 unspecified atom stereocenters. The standard InChI is InChI=1S/C14H22N2O4/c1-10(16-14(17)9-20-7-6-15)12-8-11(18-2)4-5-13(12)19-3/h4-5,8,10H,6-7,9,15H2,1-3H3,(H,16,17). The summed E-state index contributed by atoms with van der Waals surface area (Å²) in [6.07, 6.45) is 0. The molecule has 0 saturated carbocycles. The third kappa shape index (κ3) is 4.71. The van der Waals surface area contributed by atoms with Crippen LogP contribution in [0, 0.1) is 0 Å². The van der Waals surface area contributed by atoms with Gasteiger partial charge in [0, 0.05) is 12.1 Å². The first-order valence-electron chi connectivity index (χ1n) is 6.41. The van der Waals surface area contributed by atoms with Crippen LogP contribution in [0.3, 0.4) is 0 Å². The molecule has 1 rings (SSSR count). The van der Waals surface area contributed by atoms with Gasteiger partial charge in [-0.15, -0.1) is 0 Å². The van der Waals surface area contributed by atoms with Crippen LogP contribution in [-0.2, 0) is 9.53 Å². The molecular formula is C14H22N2O4. The smallest absolute Gasteiger partial charge is 0.246 e. The molecule has 0 saturated heterocycles. The van der Waals surface area contributed by atoms with Gasteiger partial charge in [-0.25, -0.2) is 0 Å². The molecule has 0 aliphatic carbocycles. The number of rotatable bonds is 8. The maximum atomic E-state index is 11.7. The first kappa shape index (κ1) is 16.3. The highest BCUT2D eigenvalue weighted by Crippen LogP contribution is 2.29. The number of methoxy groups -OCH3 is 2. The molecule has 1 aromatic carbocycles. The molecule has 1 aromatic rings. The lowest BCUT2D eigenvalue weighted by atomic mass is 10.1. The summed E-state index contributed by atoms with van der Waals surface area (Å²) in [6, 6.07) is 5.24. The Labute approximate surface area is 119 Å². The van der Waals surface area contributed by atoms with Crippen molar-refractivity contribution in [2.45, 2.75) is 13.0 Å². The minimum atomic E-state index is -0.214. The Morgan fingerprint density at radius 2 is 2.10 bits per heavy atom. The van der Waals surface area contributed by atoms with Crippen molar-refractivity contribution in [1.82, 2.24) is 5.32 Å². The Morgan fingerprint density at radius 1 is 1.35 bits per heavy atom. The molecule has 112 valence electrons. The normalized spacial score (nSPS) is 11.8. The summed E-state index contributed by atoms with van der Waals surface area (Å²) >= 11 is 0. The summed E-state index contributed by atoms with van der Waals surface area (Å²) < 4.78 is 15.6. The highest BCUT2D eigenvalue weighted by molar-refractivity contribution is 5.77. The number of hydrogen-bond acceptors (Lipinski definition) is 5. The van der Waals surface area contributed by atoms with E-state index in [0.29, 0.717) is 24.7 Å². The Bertz CT molecular complexity index is 437. The maximum Gasteiger partial charge on any atom is 0.246 e. The Kier molecular flexibility index (Phi) is 6.83. The van der Waals surface area contributed by atoms with Crippen molar-refractivity contribution >= 4 is 5.91 Å². The second-order valence-corrected chi connectivity index (χ2v) is 4.24. The Balaban J connectivity index is 2.70. The van der Waals surface area contributed by atoms with Crippen LogP contribution in [0.2, 0.25) is 0 Å². The average molecular weight is 282 g/mol. The molecule has 0 radical (unpaired) electrons. The van der Waals surface area contributed by atoms with Crippen LogP contribution in [-0.4, -0.2) is 39.9 Å². The SMILES string of the molecule is COc1ccc(OC)c(C(C)NC(=O)COCCN)c1. The van der Waals surface area contributed by atoms with E-state index in [1.54, 1.807) is 20.3 Å². The van der Waals surface area contributed by atoms with Gasteiger partial charge in [-0.2, -0.15) is 0 Å². The van der Waals surface area contributed by atoms with Crippen molar-refractivity contribution in [1.29, 1.82) is 0 Å². The van der Waals surface area contributed by atoms with Crippen LogP contribution in [0.15, 0.2) is 18.2 Å². The fourth-order valence-electron chi connectivity index (χ4n) is 1.79. The fraction of sp³-hybridized carbons (Fsp3) is 0.500. The molecule has 3 N–H and O–H groups in total. The van der Waals surface area contributed by atoms with E-state index < -0.39 is 0 Å². The number of hydrogen-bond donors (Lipinski definition) is 2. The van der Waals surface area contributed by atoms with Gasteiger partial charge in [-0.3, -0.25) is 4.79 Å². The Morgan fingerprint density at radius 3 is 2.70 bits per heavy atom. The molecule has 1 amide bonds. The molecule has 0 fully saturated rings. The Hall–Kier alpha value is -1.79. The van der Waals surface area contributed by atoms with Crippen LogP contribution in [0.5, 0.6) is 11.5 Å². The number of benzene rings is 1. The van der Waals surface area contributed by atoms with E-state index in [4.69, 9.17) is 19.9 Å². The van der Waals surface area contributed by atoms with Gasteiger partial charge in [0.1, 0.15) is 18.1 Å². The highest BCUT2D eigenvalue weighted by atomic mass is 16.5. The van der Waals surface area contributed by atoms with Crippen LogP contribution in [0.1, 0.15) is 18.5 Å². The van der Waals surface area contributed by atoms with E-state index in [1.165, 1.54) is 0 Å². The van der Waals surface area contributed by atoms with Crippen LogP contribution >= 0.6 is 0 Å². The van der Waals surface area contributed by atoms with Gasteiger partial charge < -0.3 is 25.3 Å². The minimum absolute atomic E-state index is 0.00613. The van der Waals surface area contributed by atoms with Gasteiger partial charge in [-0.1, -0.05) is 0 Å². The largest absolute Gasteiger partial charge is 0.497 e. The summed E-state index contributed by atoms with van der Waals surface area (Å²) in [5, 5.41) is 2.84. The number of ether oxygens (including phenoxy) is 3. The van der Waals surface area contributed by atoms with Gasteiger partial charge in [0.05, 0.1) is 26.9 Å². The topological polar surface area (TPSA) is 82.8 Å². The molecule has 0 aromatic heterocycles. The van der Waals surface area contributed by atoms with Crippen LogP contribution in [0.4, 0.5) is 0 Å². The van der Waals surface area contributed by atoms with Crippen molar-refractivity contribution in [3.63, 3.8) is 0 Å². The predicted octanol–water partition coefficient (Wildman–Crippen LogP) is 0.856. The van der Waals surface area contributed by atoms with E-state index in [0.717, 1.165) is 5.56 Å². The summed E-state index contributed by atoms with van der Waals surface area (Å²) in [5.41, 5.74) is 6.14. The number of nitrogens with two attached hydrogens (primary N) is 1. The zero-order valence-corrected chi connectivity index (χ0v) is 12.1. The first-order chi connectivity index (χ1) is 9.62. The van der Waals surface area contributed by atoms with Crippen molar-refractivity contribution in [2.24, 2.45) is 5.73 Å². The third-order valence-corrected chi connectivity index (χ3v) is 2.78. The molecular weight excluding hydrogens is 260 g/mol. The third-order valence-electron chi connectivity index (χ3n) is 2.78. The molecule has 6 nitrogen and oxygen atoms in total. The second-order valence-electron chi connectivity index (χ2n) is 4.24. The number of carbonyl (C=O) groups excluding carboxylic acids is 1. The second kappa shape index (κ2) is 8.39. The van der Waals surface area contributed by atoms with Crippen molar-refractivity contribution in [3.8, 4) is 11.5 Å². The van der Waals surface area contributed by atoms with Gasteiger partial charge in [0.25, 0.3) is 0 Å². The zero-order chi connectivity index (χ0) is 15.0. The van der Waals surface area contributed by atoms with Crippen LogP contribution in [0.25, 0.3) is 0 Å². The summed E-state index contributed by atoms with van der Waals surface area (Å²) in [4.78, 5) is 11.7. The molecule has 1 atom stereocenters. The maximum absolute atomic E-state index is 11.7. The van der Waals surface area contributed by atoms with E-state index in [2.05, 4.69) is 5.32 Å².